The Morgan fingerprint density at radius 1 is 0.947 bits per heavy atom. The van der Waals surface area contributed by atoms with Gasteiger partial charge in [0.15, 0.2) is 0 Å². The summed E-state index contributed by atoms with van der Waals surface area (Å²) in [6.45, 7) is 0.0203. The van der Waals surface area contributed by atoms with Crippen LogP contribution in [0.25, 0.3) is 0 Å². The number of carbonyl (C=O) groups excluding carboxylic acids is 1. The van der Waals surface area contributed by atoms with Gasteiger partial charge in [-0.2, -0.15) is 4.31 Å². The number of anilines is 2. The van der Waals surface area contributed by atoms with Crippen LogP contribution in [0.1, 0.15) is 19.3 Å². The molecule has 0 unspecified atom stereocenters. The second kappa shape index (κ2) is 11.5. The molecule has 0 saturated carbocycles. The fraction of sp³-hybridized carbons (Fsp3) is 0.269. The van der Waals surface area contributed by atoms with Gasteiger partial charge in [0.2, 0.25) is 15.9 Å². The number of nitrogens with zero attached hydrogens (tertiary/aromatic N) is 2. The van der Waals surface area contributed by atoms with E-state index in [0.717, 1.165) is 25.3 Å². The van der Waals surface area contributed by atoms with Crippen LogP contribution in [0.2, 0.25) is 0 Å². The number of carbonyl (C=O) groups is 1. The largest absolute Gasteiger partial charge is 0.495 e. The molecule has 38 heavy (non-hydrogen) atoms. The molecule has 1 saturated heterocycles. The molecule has 9 nitrogen and oxygen atoms in total. The monoisotopic (exact) mass is 561 g/mol. The SMILES string of the molecule is COc1ccc(NC(=O)CN(c2ccccc2F)S(=O)(=O)c2ccccc2)cc1S(=O)(=O)N1CCCCC1. The minimum absolute atomic E-state index is 0.109. The zero-order chi connectivity index (χ0) is 27.3. The highest BCUT2D eigenvalue weighted by molar-refractivity contribution is 7.92. The maximum atomic E-state index is 14.7. The molecular weight excluding hydrogens is 533 g/mol. The fourth-order valence-electron chi connectivity index (χ4n) is 4.20. The third-order valence-corrected chi connectivity index (χ3v) is 9.81. The van der Waals surface area contributed by atoms with Gasteiger partial charge in [0.25, 0.3) is 10.0 Å². The molecule has 0 spiro atoms. The first kappa shape index (κ1) is 27.6. The van der Waals surface area contributed by atoms with Crippen molar-refractivity contribution < 1.29 is 30.8 Å². The normalized spacial score (nSPS) is 14.6. The van der Waals surface area contributed by atoms with E-state index in [-0.39, 0.29) is 26.9 Å². The van der Waals surface area contributed by atoms with Gasteiger partial charge in [-0.15, -0.1) is 0 Å². The molecular formula is C26H28FN3O6S2. The molecule has 202 valence electrons. The van der Waals surface area contributed by atoms with Crippen LogP contribution < -0.4 is 14.4 Å². The number of halogens is 1. The van der Waals surface area contributed by atoms with Gasteiger partial charge in [0.1, 0.15) is 23.0 Å². The van der Waals surface area contributed by atoms with Crippen molar-refractivity contribution in [3.63, 3.8) is 0 Å². The number of nitrogens with one attached hydrogen (secondary N) is 1. The molecule has 0 bridgehead atoms. The number of hydrogen-bond donors (Lipinski definition) is 1. The van der Waals surface area contributed by atoms with E-state index in [9.17, 15) is 26.0 Å². The Bertz CT molecular complexity index is 1510. The second-order valence-corrected chi connectivity index (χ2v) is 12.4. The average Bonchev–Trinajstić information content (AvgIpc) is 2.93. The molecule has 0 aliphatic carbocycles. The molecule has 0 atom stereocenters. The Morgan fingerprint density at radius 2 is 1.61 bits per heavy atom. The van der Waals surface area contributed by atoms with Crippen molar-refractivity contribution in [1.82, 2.24) is 4.31 Å². The third-order valence-electron chi connectivity index (χ3n) is 6.12. The molecule has 1 amide bonds. The van der Waals surface area contributed by atoms with Gasteiger partial charge >= 0.3 is 0 Å². The second-order valence-electron chi connectivity index (χ2n) is 8.65. The van der Waals surface area contributed by atoms with Crippen LogP contribution in [-0.2, 0) is 24.8 Å². The van der Waals surface area contributed by atoms with E-state index in [1.165, 1.54) is 72.1 Å². The van der Waals surface area contributed by atoms with E-state index in [0.29, 0.717) is 17.4 Å². The maximum absolute atomic E-state index is 14.7. The van der Waals surface area contributed by atoms with E-state index in [1.807, 2.05) is 0 Å². The Labute approximate surface area is 221 Å². The number of amides is 1. The predicted octanol–water partition coefficient (Wildman–Crippen LogP) is 3.84. The first-order valence-electron chi connectivity index (χ1n) is 11.9. The number of piperidine rings is 1. The zero-order valence-electron chi connectivity index (χ0n) is 20.7. The molecule has 12 heteroatoms. The van der Waals surface area contributed by atoms with E-state index in [1.54, 1.807) is 6.07 Å². The van der Waals surface area contributed by atoms with E-state index in [4.69, 9.17) is 4.74 Å². The summed E-state index contributed by atoms with van der Waals surface area (Å²) in [6.07, 6.45) is 2.45. The number of para-hydroxylation sites is 1. The summed E-state index contributed by atoms with van der Waals surface area (Å²) in [5.74, 6) is -1.49. The molecule has 1 fully saturated rings. The Hall–Kier alpha value is -3.48. The molecule has 3 aromatic carbocycles. The highest BCUT2D eigenvalue weighted by atomic mass is 32.2. The summed E-state index contributed by atoms with van der Waals surface area (Å²) in [7, 11) is -6.85. The molecule has 1 aliphatic rings. The third kappa shape index (κ3) is 5.82. The minimum Gasteiger partial charge on any atom is -0.495 e. The number of sulfonamides is 2. The lowest BCUT2D eigenvalue weighted by molar-refractivity contribution is -0.114. The Balaban J connectivity index is 1.64. The van der Waals surface area contributed by atoms with Crippen LogP contribution in [0.4, 0.5) is 15.8 Å². The molecule has 1 heterocycles. The van der Waals surface area contributed by atoms with Gasteiger partial charge in [-0.1, -0.05) is 36.8 Å². The Morgan fingerprint density at radius 3 is 2.26 bits per heavy atom. The van der Waals surface area contributed by atoms with Crippen molar-refractivity contribution in [2.24, 2.45) is 0 Å². The zero-order valence-corrected chi connectivity index (χ0v) is 22.3. The summed E-state index contributed by atoms with van der Waals surface area (Å²) in [6, 6.07) is 16.8. The summed E-state index contributed by atoms with van der Waals surface area (Å²) < 4.78 is 75.4. The van der Waals surface area contributed by atoms with Gasteiger partial charge < -0.3 is 10.1 Å². The van der Waals surface area contributed by atoms with Gasteiger partial charge in [0, 0.05) is 18.8 Å². The molecule has 0 aromatic heterocycles. The molecule has 4 rings (SSSR count). The topological polar surface area (TPSA) is 113 Å². The lowest BCUT2D eigenvalue weighted by atomic mass is 10.2. The van der Waals surface area contributed by atoms with E-state index in [2.05, 4.69) is 5.32 Å². The van der Waals surface area contributed by atoms with Crippen molar-refractivity contribution in [2.45, 2.75) is 29.1 Å². The van der Waals surface area contributed by atoms with Gasteiger partial charge in [0.05, 0.1) is 17.7 Å². The molecule has 1 aliphatic heterocycles. The number of ether oxygens (including phenoxy) is 1. The van der Waals surface area contributed by atoms with Crippen molar-refractivity contribution in [2.75, 3.05) is 36.4 Å². The van der Waals surface area contributed by atoms with Gasteiger partial charge in [-0.25, -0.2) is 21.2 Å². The molecule has 1 N–H and O–H groups in total. The van der Waals surface area contributed by atoms with E-state index < -0.39 is 38.3 Å². The van der Waals surface area contributed by atoms with Crippen LogP contribution in [0.3, 0.4) is 0 Å². The standard InChI is InChI=1S/C26H28FN3O6S2/c1-36-24-15-14-20(18-25(24)38(34,35)29-16-8-3-9-17-29)28-26(31)19-30(23-13-7-6-12-22(23)27)37(32,33)21-10-4-2-5-11-21/h2,4-7,10-15,18H,3,8-9,16-17,19H2,1H3,(H,28,31). The predicted molar refractivity (Wildman–Crippen MR) is 142 cm³/mol. The highest BCUT2D eigenvalue weighted by Crippen LogP contribution is 2.31. The molecule has 3 aromatic rings. The lowest BCUT2D eigenvalue weighted by Crippen LogP contribution is -2.38. The molecule has 0 radical (unpaired) electrons. The average molecular weight is 562 g/mol. The number of rotatable bonds is 9. The maximum Gasteiger partial charge on any atom is 0.264 e. The first-order valence-corrected chi connectivity index (χ1v) is 14.8. The summed E-state index contributed by atoms with van der Waals surface area (Å²) >= 11 is 0. The van der Waals surface area contributed by atoms with Gasteiger partial charge in [-0.3, -0.25) is 9.10 Å². The van der Waals surface area contributed by atoms with Crippen molar-refractivity contribution >= 4 is 37.3 Å². The van der Waals surface area contributed by atoms with Crippen molar-refractivity contribution in [1.29, 1.82) is 0 Å². The first-order chi connectivity index (χ1) is 18.1. The summed E-state index contributed by atoms with van der Waals surface area (Å²) in [5.41, 5.74) is -0.174. The summed E-state index contributed by atoms with van der Waals surface area (Å²) in [4.78, 5) is 12.8. The fourth-order valence-corrected chi connectivity index (χ4v) is 7.35. The van der Waals surface area contributed by atoms with Crippen LogP contribution in [-0.4, -0.2) is 53.8 Å². The van der Waals surface area contributed by atoms with Crippen LogP contribution in [0, 0.1) is 5.82 Å². The van der Waals surface area contributed by atoms with Gasteiger partial charge in [-0.05, 0) is 55.3 Å². The lowest BCUT2D eigenvalue weighted by Gasteiger charge is -2.27. The Kier molecular flexibility index (Phi) is 8.34. The van der Waals surface area contributed by atoms with Crippen LogP contribution in [0.15, 0.2) is 82.6 Å². The quantitative estimate of drug-likeness (QED) is 0.425. The smallest absolute Gasteiger partial charge is 0.264 e. The van der Waals surface area contributed by atoms with Crippen LogP contribution >= 0.6 is 0 Å². The van der Waals surface area contributed by atoms with Crippen molar-refractivity contribution in [3.05, 3.63) is 78.6 Å². The minimum atomic E-state index is -4.31. The number of methoxy groups -OCH3 is 1. The number of hydrogen-bond acceptors (Lipinski definition) is 6. The highest BCUT2D eigenvalue weighted by Gasteiger charge is 2.31. The summed E-state index contributed by atoms with van der Waals surface area (Å²) in [5, 5.41) is 2.55. The number of benzene rings is 3. The van der Waals surface area contributed by atoms with Crippen LogP contribution in [0.5, 0.6) is 5.75 Å². The van der Waals surface area contributed by atoms with Crippen molar-refractivity contribution in [3.8, 4) is 5.75 Å². The van der Waals surface area contributed by atoms with E-state index >= 15 is 0 Å².